The first-order valence-corrected chi connectivity index (χ1v) is 9.92. The van der Waals surface area contributed by atoms with E-state index in [0.717, 1.165) is 0 Å². The molecule has 0 atom stereocenters. The van der Waals surface area contributed by atoms with E-state index in [1.807, 2.05) is 0 Å². The van der Waals surface area contributed by atoms with Crippen LogP contribution >= 0.6 is 46.4 Å². The summed E-state index contributed by atoms with van der Waals surface area (Å²) in [6, 6.07) is 17.6. The van der Waals surface area contributed by atoms with Crippen LogP contribution in [0.5, 0.6) is 0 Å². The molecule has 0 fully saturated rings. The zero-order valence-corrected chi connectivity index (χ0v) is 17.8. The summed E-state index contributed by atoms with van der Waals surface area (Å²) in [4.78, 5) is 25.3. The summed E-state index contributed by atoms with van der Waals surface area (Å²) in [7, 11) is 0. The predicted molar refractivity (Wildman–Crippen MR) is 117 cm³/mol. The van der Waals surface area contributed by atoms with E-state index >= 15 is 0 Å². The number of halogens is 4. The van der Waals surface area contributed by atoms with Gasteiger partial charge >= 0.3 is 0 Å². The predicted octanol–water partition coefficient (Wildman–Crippen LogP) is 6.16. The molecule has 0 aliphatic heterocycles. The second-order valence-electron chi connectivity index (χ2n) is 6.07. The van der Waals surface area contributed by atoms with E-state index in [9.17, 15) is 9.59 Å². The standard InChI is InChI=1S/C21H14Cl4N2O2/c22-15-6-1-12(2-7-15)20(28)26-19(14-5-10-17(24)18(25)11-14)27-21(29)13-3-8-16(23)9-4-13/h1-11,19H,(H,26,28)(H,27,29). The molecule has 148 valence electrons. The van der Waals surface area contributed by atoms with Crippen molar-refractivity contribution in [2.75, 3.05) is 0 Å². The molecule has 0 aliphatic rings. The van der Waals surface area contributed by atoms with Gasteiger partial charge in [0.25, 0.3) is 11.8 Å². The van der Waals surface area contributed by atoms with Crippen LogP contribution in [0.25, 0.3) is 0 Å². The lowest BCUT2D eigenvalue weighted by atomic mass is 10.1. The van der Waals surface area contributed by atoms with Gasteiger partial charge in [0, 0.05) is 21.2 Å². The first kappa shape index (κ1) is 21.5. The molecule has 0 radical (unpaired) electrons. The van der Waals surface area contributed by atoms with Gasteiger partial charge in [-0.05, 0) is 66.2 Å². The maximum Gasteiger partial charge on any atom is 0.253 e. The second-order valence-corrected chi connectivity index (χ2v) is 7.75. The Labute approximate surface area is 187 Å². The van der Waals surface area contributed by atoms with Crippen LogP contribution in [0, 0.1) is 0 Å². The average molecular weight is 468 g/mol. The maximum atomic E-state index is 12.7. The molecule has 8 heteroatoms. The van der Waals surface area contributed by atoms with E-state index < -0.39 is 18.0 Å². The van der Waals surface area contributed by atoms with Gasteiger partial charge < -0.3 is 10.6 Å². The van der Waals surface area contributed by atoms with E-state index in [1.165, 1.54) is 0 Å². The minimum Gasteiger partial charge on any atom is -0.328 e. The van der Waals surface area contributed by atoms with Gasteiger partial charge in [-0.3, -0.25) is 9.59 Å². The third-order valence-electron chi connectivity index (χ3n) is 4.04. The number of hydrogen-bond acceptors (Lipinski definition) is 2. The Bertz CT molecular complexity index is 978. The van der Waals surface area contributed by atoms with Crippen LogP contribution in [0.4, 0.5) is 0 Å². The normalized spacial score (nSPS) is 10.7. The first-order chi connectivity index (χ1) is 13.8. The number of carbonyl (C=O) groups is 2. The SMILES string of the molecule is O=C(NC(NC(=O)c1ccc(Cl)cc1)c1ccc(Cl)c(Cl)c1)c1ccc(Cl)cc1. The molecule has 0 unspecified atom stereocenters. The second kappa shape index (κ2) is 9.51. The number of rotatable bonds is 5. The van der Waals surface area contributed by atoms with Crippen LogP contribution in [0.1, 0.15) is 32.4 Å². The summed E-state index contributed by atoms with van der Waals surface area (Å²) >= 11 is 23.8. The Morgan fingerprint density at radius 3 is 1.48 bits per heavy atom. The fraction of sp³-hybridized carbons (Fsp3) is 0.0476. The van der Waals surface area contributed by atoms with Gasteiger partial charge in [0.2, 0.25) is 0 Å². The van der Waals surface area contributed by atoms with Crippen molar-refractivity contribution in [2.24, 2.45) is 0 Å². The minimum absolute atomic E-state index is 0.302. The molecule has 0 bridgehead atoms. The first-order valence-electron chi connectivity index (χ1n) is 8.41. The summed E-state index contributed by atoms with van der Waals surface area (Å²) in [6.07, 6.45) is -0.851. The summed E-state index contributed by atoms with van der Waals surface area (Å²) in [5.74, 6) is -0.789. The average Bonchev–Trinajstić information content (AvgIpc) is 2.70. The molecular weight excluding hydrogens is 454 g/mol. The van der Waals surface area contributed by atoms with Crippen molar-refractivity contribution in [3.63, 3.8) is 0 Å². The van der Waals surface area contributed by atoms with Gasteiger partial charge in [-0.15, -0.1) is 0 Å². The van der Waals surface area contributed by atoms with Crippen LogP contribution in [-0.2, 0) is 0 Å². The smallest absolute Gasteiger partial charge is 0.253 e. The van der Waals surface area contributed by atoms with Crippen molar-refractivity contribution < 1.29 is 9.59 Å². The summed E-state index contributed by atoms with van der Waals surface area (Å²) in [5, 5.41) is 7.26. The van der Waals surface area contributed by atoms with Gasteiger partial charge in [-0.2, -0.15) is 0 Å². The number of nitrogens with one attached hydrogen (secondary N) is 2. The van der Waals surface area contributed by atoms with Crippen molar-refractivity contribution in [1.82, 2.24) is 10.6 Å². The van der Waals surface area contributed by atoms with Gasteiger partial charge in [0.1, 0.15) is 6.17 Å². The molecule has 2 N–H and O–H groups in total. The van der Waals surface area contributed by atoms with E-state index in [1.54, 1.807) is 66.7 Å². The fourth-order valence-corrected chi connectivity index (χ4v) is 3.08. The highest BCUT2D eigenvalue weighted by Crippen LogP contribution is 2.25. The lowest BCUT2D eigenvalue weighted by Crippen LogP contribution is -2.41. The Balaban J connectivity index is 1.87. The number of amides is 2. The minimum atomic E-state index is -0.851. The fourth-order valence-electron chi connectivity index (χ4n) is 2.53. The third-order valence-corrected chi connectivity index (χ3v) is 5.28. The highest BCUT2D eigenvalue weighted by Gasteiger charge is 2.20. The molecule has 0 saturated carbocycles. The quantitative estimate of drug-likeness (QED) is 0.441. The van der Waals surface area contributed by atoms with E-state index in [2.05, 4.69) is 10.6 Å². The molecule has 2 amide bonds. The molecular formula is C21H14Cl4N2O2. The lowest BCUT2D eigenvalue weighted by molar-refractivity contribution is 0.0883. The zero-order valence-electron chi connectivity index (χ0n) is 14.8. The summed E-state index contributed by atoms with van der Waals surface area (Å²) < 4.78 is 0. The Kier molecular flexibility index (Phi) is 7.04. The topological polar surface area (TPSA) is 58.2 Å². The van der Waals surface area contributed by atoms with Gasteiger partial charge in [-0.1, -0.05) is 52.5 Å². The van der Waals surface area contributed by atoms with Crippen molar-refractivity contribution in [1.29, 1.82) is 0 Å². The van der Waals surface area contributed by atoms with Crippen LogP contribution in [-0.4, -0.2) is 11.8 Å². The molecule has 3 rings (SSSR count). The molecule has 29 heavy (non-hydrogen) atoms. The van der Waals surface area contributed by atoms with Crippen LogP contribution in [0.2, 0.25) is 20.1 Å². The van der Waals surface area contributed by atoms with E-state index in [4.69, 9.17) is 46.4 Å². The summed E-state index contributed by atoms with van der Waals surface area (Å²) in [5.41, 5.74) is 1.34. The lowest BCUT2D eigenvalue weighted by Gasteiger charge is -2.21. The number of hydrogen-bond donors (Lipinski definition) is 2. The van der Waals surface area contributed by atoms with Crippen molar-refractivity contribution in [3.05, 3.63) is 104 Å². The molecule has 3 aromatic carbocycles. The monoisotopic (exact) mass is 466 g/mol. The highest BCUT2D eigenvalue weighted by molar-refractivity contribution is 6.42. The maximum absolute atomic E-state index is 12.7. The Hall–Kier alpha value is -2.24. The molecule has 0 spiro atoms. The molecule has 4 nitrogen and oxygen atoms in total. The molecule has 0 heterocycles. The third kappa shape index (κ3) is 5.64. The largest absolute Gasteiger partial charge is 0.328 e. The van der Waals surface area contributed by atoms with Crippen LogP contribution in [0.3, 0.4) is 0 Å². The van der Waals surface area contributed by atoms with Crippen molar-refractivity contribution >= 4 is 58.2 Å². The van der Waals surface area contributed by atoms with E-state index in [0.29, 0.717) is 36.8 Å². The van der Waals surface area contributed by atoms with Gasteiger partial charge in [-0.25, -0.2) is 0 Å². The Morgan fingerprint density at radius 1 is 0.621 bits per heavy atom. The summed E-state index contributed by atoms with van der Waals surface area (Å²) in [6.45, 7) is 0. The number of benzene rings is 3. The van der Waals surface area contributed by atoms with Crippen molar-refractivity contribution in [2.45, 2.75) is 6.17 Å². The van der Waals surface area contributed by atoms with Crippen molar-refractivity contribution in [3.8, 4) is 0 Å². The molecule has 3 aromatic rings. The van der Waals surface area contributed by atoms with Crippen LogP contribution in [0.15, 0.2) is 66.7 Å². The molecule has 0 aromatic heterocycles. The van der Waals surface area contributed by atoms with Gasteiger partial charge in [0.05, 0.1) is 10.0 Å². The molecule has 0 saturated heterocycles. The zero-order chi connectivity index (χ0) is 21.0. The van der Waals surface area contributed by atoms with Gasteiger partial charge in [0.15, 0.2) is 0 Å². The highest BCUT2D eigenvalue weighted by atomic mass is 35.5. The van der Waals surface area contributed by atoms with E-state index in [-0.39, 0.29) is 0 Å². The van der Waals surface area contributed by atoms with Crippen LogP contribution < -0.4 is 10.6 Å². The number of carbonyl (C=O) groups excluding carboxylic acids is 2. The Morgan fingerprint density at radius 2 is 1.07 bits per heavy atom. The molecule has 0 aliphatic carbocycles.